The van der Waals surface area contributed by atoms with Crippen LogP contribution in [0.2, 0.25) is 0 Å². The van der Waals surface area contributed by atoms with E-state index in [9.17, 15) is 0 Å². The number of thiophene rings is 1. The van der Waals surface area contributed by atoms with Gasteiger partial charge in [0.15, 0.2) is 0 Å². The summed E-state index contributed by atoms with van der Waals surface area (Å²) in [4.78, 5) is 4.75. The molecule has 206 valence electrons. The van der Waals surface area contributed by atoms with Gasteiger partial charge in [-0.05, 0) is 76.3 Å². The SMILES string of the molecule is c1cc(-c2cccc(-c3ccnc4c3sc3ccccc34)c2)cc(-c2cccc(-n3c4ccccc4c4ccccc43)c2)c1. The van der Waals surface area contributed by atoms with Crippen LogP contribution >= 0.6 is 11.3 Å². The second kappa shape index (κ2) is 10.0. The van der Waals surface area contributed by atoms with Gasteiger partial charge in [-0.25, -0.2) is 0 Å². The Labute approximate surface area is 259 Å². The highest BCUT2D eigenvalue weighted by Gasteiger charge is 2.14. The molecule has 2 nitrogen and oxygen atoms in total. The molecular formula is C41H26N2S. The van der Waals surface area contributed by atoms with Gasteiger partial charge in [0.25, 0.3) is 0 Å². The molecule has 0 amide bonds. The van der Waals surface area contributed by atoms with Crippen molar-refractivity contribution in [2.24, 2.45) is 0 Å². The highest BCUT2D eigenvalue weighted by molar-refractivity contribution is 7.26. The van der Waals surface area contributed by atoms with Gasteiger partial charge in [-0.3, -0.25) is 4.98 Å². The van der Waals surface area contributed by atoms with E-state index in [2.05, 4.69) is 156 Å². The fourth-order valence-electron chi connectivity index (χ4n) is 6.60. The molecule has 0 saturated carbocycles. The van der Waals surface area contributed by atoms with Crippen LogP contribution in [-0.4, -0.2) is 9.55 Å². The maximum atomic E-state index is 4.75. The molecule has 44 heavy (non-hydrogen) atoms. The summed E-state index contributed by atoms with van der Waals surface area (Å²) in [6, 6.07) is 54.7. The van der Waals surface area contributed by atoms with Crippen LogP contribution in [0.3, 0.4) is 0 Å². The zero-order valence-electron chi connectivity index (χ0n) is 23.8. The third kappa shape index (κ3) is 3.98. The highest BCUT2D eigenvalue weighted by Crippen LogP contribution is 2.40. The Hall–Kier alpha value is -5.51. The fourth-order valence-corrected chi connectivity index (χ4v) is 7.80. The van der Waals surface area contributed by atoms with Crippen LogP contribution in [0, 0.1) is 0 Å². The minimum absolute atomic E-state index is 1.08. The maximum Gasteiger partial charge on any atom is 0.0894 e. The minimum atomic E-state index is 1.08. The average Bonchev–Trinajstić information content (AvgIpc) is 3.65. The van der Waals surface area contributed by atoms with Crippen LogP contribution in [0.5, 0.6) is 0 Å². The first kappa shape index (κ1) is 25.0. The van der Waals surface area contributed by atoms with Crippen molar-refractivity contribution in [3.8, 4) is 39.1 Å². The summed E-state index contributed by atoms with van der Waals surface area (Å²) in [5.74, 6) is 0. The molecule has 6 aromatic carbocycles. The van der Waals surface area contributed by atoms with E-state index in [1.165, 1.54) is 70.0 Å². The van der Waals surface area contributed by atoms with Crippen LogP contribution in [0.15, 0.2) is 158 Å². The maximum absolute atomic E-state index is 4.75. The van der Waals surface area contributed by atoms with E-state index in [1.807, 2.05) is 17.5 Å². The molecule has 0 unspecified atom stereocenters. The molecule has 3 heterocycles. The summed E-state index contributed by atoms with van der Waals surface area (Å²) in [7, 11) is 0. The van der Waals surface area contributed by atoms with Crippen molar-refractivity contribution in [3.63, 3.8) is 0 Å². The van der Waals surface area contributed by atoms with Crippen LogP contribution in [0.4, 0.5) is 0 Å². The number of benzene rings is 6. The van der Waals surface area contributed by atoms with Crippen molar-refractivity contribution < 1.29 is 0 Å². The number of hydrogen-bond donors (Lipinski definition) is 0. The molecule has 0 fully saturated rings. The number of hydrogen-bond acceptors (Lipinski definition) is 2. The zero-order chi connectivity index (χ0) is 29.0. The number of fused-ring (bicyclic) bond motifs is 6. The first-order chi connectivity index (χ1) is 21.8. The first-order valence-corrected chi connectivity index (χ1v) is 15.7. The predicted molar refractivity (Wildman–Crippen MR) is 188 cm³/mol. The molecule has 3 heteroatoms. The third-order valence-electron chi connectivity index (χ3n) is 8.65. The van der Waals surface area contributed by atoms with Crippen molar-refractivity contribution in [1.82, 2.24) is 9.55 Å². The fraction of sp³-hybridized carbons (Fsp3) is 0. The van der Waals surface area contributed by atoms with Gasteiger partial charge < -0.3 is 4.57 Å². The van der Waals surface area contributed by atoms with Gasteiger partial charge in [-0.2, -0.15) is 0 Å². The quantitative estimate of drug-likeness (QED) is 0.203. The summed E-state index contributed by atoms with van der Waals surface area (Å²) in [5.41, 5.74) is 11.9. The lowest BCUT2D eigenvalue weighted by atomic mass is 9.96. The largest absolute Gasteiger partial charge is 0.309 e. The zero-order valence-corrected chi connectivity index (χ0v) is 24.6. The lowest BCUT2D eigenvalue weighted by Gasteiger charge is -2.12. The Kier molecular flexibility index (Phi) is 5.71. The molecule has 0 N–H and O–H groups in total. The number of rotatable bonds is 4. The average molecular weight is 579 g/mol. The second-order valence-electron chi connectivity index (χ2n) is 11.2. The van der Waals surface area contributed by atoms with Crippen molar-refractivity contribution in [2.75, 3.05) is 0 Å². The van der Waals surface area contributed by atoms with Gasteiger partial charge in [0, 0.05) is 38.3 Å². The van der Waals surface area contributed by atoms with E-state index in [-0.39, 0.29) is 0 Å². The summed E-state index contributed by atoms with van der Waals surface area (Å²) in [6.07, 6.45) is 1.94. The van der Waals surface area contributed by atoms with Crippen LogP contribution in [0.1, 0.15) is 0 Å². The van der Waals surface area contributed by atoms with E-state index < -0.39 is 0 Å². The van der Waals surface area contributed by atoms with E-state index in [1.54, 1.807) is 0 Å². The second-order valence-corrected chi connectivity index (χ2v) is 12.3. The van der Waals surface area contributed by atoms with Crippen molar-refractivity contribution in [1.29, 1.82) is 0 Å². The van der Waals surface area contributed by atoms with E-state index >= 15 is 0 Å². The number of nitrogens with zero attached hydrogens (tertiary/aromatic N) is 2. The van der Waals surface area contributed by atoms with Gasteiger partial charge >= 0.3 is 0 Å². The van der Waals surface area contributed by atoms with Gasteiger partial charge in [0.05, 0.1) is 21.3 Å². The van der Waals surface area contributed by atoms with E-state index in [0.29, 0.717) is 0 Å². The molecule has 9 rings (SSSR count). The van der Waals surface area contributed by atoms with Crippen molar-refractivity contribution >= 4 is 53.4 Å². The molecule has 0 spiro atoms. The summed E-state index contributed by atoms with van der Waals surface area (Å²) < 4.78 is 4.89. The van der Waals surface area contributed by atoms with Crippen LogP contribution < -0.4 is 0 Å². The highest BCUT2D eigenvalue weighted by atomic mass is 32.1. The Morgan fingerprint density at radius 1 is 0.455 bits per heavy atom. The van der Waals surface area contributed by atoms with Gasteiger partial charge in [-0.1, -0.05) is 103 Å². The molecule has 0 aliphatic rings. The monoisotopic (exact) mass is 578 g/mol. The Morgan fingerprint density at radius 3 is 1.70 bits per heavy atom. The molecular weight excluding hydrogens is 553 g/mol. The lowest BCUT2D eigenvalue weighted by Crippen LogP contribution is -1.94. The summed E-state index contributed by atoms with van der Waals surface area (Å²) in [6.45, 7) is 0. The van der Waals surface area contributed by atoms with Gasteiger partial charge in [0.1, 0.15) is 0 Å². The van der Waals surface area contributed by atoms with Crippen LogP contribution in [0.25, 0.3) is 81.2 Å². The van der Waals surface area contributed by atoms with Crippen molar-refractivity contribution in [3.05, 3.63) is 158 Å². The summed E-state index contributed by atoms with van der Waals surface area (Å²) >= 11 is 1.82. The molecule has 0 aliphatic carbocycles. The smallest absolute Gasteiger partial charge is 0.0894 e. The number of aromatic nitrogens is 2. The molecule has 3 aromatic heterocycles. The minimum Gasteiger partial charge on any atom is -0.309 e. The van der Waals surface area contributed by atoms with E-state index in [4.69, 9.17) is 4.98 Å². The number of para-hydroxylation sites is 2. The van der Waals surface area contributed by atoms with Gasteiger partial charge in [-0.15, -0.1) is 11.3 Å². The lowest BCUT2D eigenvalue weighted by molar-refractivity contribution is 1.18. The molecule has 0 saturated heterocycles. The van der Waals surface area contributed by atoms with E-state index in [0.717, 1.165) is 11.2 Å². The molecule has 0 radical (unpaired) electrons. The normalized spacial score (nSPS) is 11.6. The number of pyridine rings is 1. The molecule has 9 aromatic rings. The Bertz CT molecular complexity index is 2460. The Balaban J connectivity index is 1.13. The molecule has 0 atom stereocenters. The first-order valence-electron chi connectivity index (χ1n) is 14.9. The Morgan fingerprint density at radius 2 is 1.00 bits per heavy atom. The topological polar surface area (TPSA) is 17.8 Å². The summed E-state index contributed by atoms with van der Waals surface area (Å²) in [5, 5.41) is 3.77. The van der Waals surface area contributed by atoms with Crippen molar-refractivity contribution in [2.45, 2.75) is 0 Å². The standard InChI is InChI=1S/C41H26N2S/c1-4-19-37-34(16-1)35-17-2-5-20-38(35)43(37)32-15-9-13-30(26-32)28-11-7-10-27(24-28)29-12-8-14-31(25-29)33-22-23-42-40-36-18-3-6-21-39(36)44-41(33)40/h1-26H. The molecule has 0 aliphatic heterocycles. The van der Waals surface area contributed by atoms with Crippen LogP contribution in [-0.2, 0) is 0 Å². The van der Waals surface area contributed by atoms with Gasteiger partial charge in [0.2, 0.25) is 0 Å². The molecule has 0 bridgehead atoms. The predicted octanol–water partition coefficient (Wildman–Crippen LogP) is 11.5. The third-order valence-corrected chi connectivity index (χ3v) is 9.84.